The van der Waals surface area contributed by atoms with Gasteiger partial charge in [0.25, 0.3) is 0 Å². The number of aliphatic hydroxyl groups is 2. The summed E-state index contributed by atoms with van der Waals surface area (Å²) in [7, 11) is 0. The number of hydrogen-bond donors (Lipinski definition) is 3. The number of nitrogens with zero attached hydrogens (tertiary/aromatic N) is 3. The number of nitrogens with one attached hydrogen (secondary N) is 1. The molecule has 0 radical (unpaired) electrons. The van der Waals surface area contributed by atoms with Crippen molar-refractivity contribution in [3.8, 4) is 0 Å². The van der Waals surface area contributed by atoms with Gasteiger partial charge in [0.05, 0.1) is 29.9 Å². The highest BCUT2D eigenvalue weighted by atomic mass is 35.5. The molecule has 0 amide bonds. The molecule has 33 heavy (non-hydrogen) atoms. The fraction of sp³-hybridized carbons (Fsp3) is 0.360. The Labute approximate surface area is 197 Å². The van der Waals surface area contributed by atoms with Crippen LogP contribution < -0.4 is 5.32 Å². The van der Waals surface area contributed by atoms with Gasteiger partial charge < -0.3 is 20.3 Å². The zero-order valence-corrected chi connectivity index (χ0v) is 19.6. The topological polar surface area (TPSA) is 91.9 Å². The van der Waals surface area contributed by atoms with Crippen LogP contribution in [0.5, 0.6) is 0 Å². The molecule has 0 spiro atoms. The summed E-state index contributed by atoms with van der Waals surface area (Å²) < 4.78 is 7.47. The van der Waals surface area contributed by atoms with Gasteiger partial charge in [-0.3, -0.25) is 0 Å². The maximum absolute atomic E-state index is 10.7. The van der Waals surface area contributed by atoms with Gasteiger partial charge >= 0.3 is 0 Å². The molecule has 0 fully saturated rings. The number of aliphatic hydroxyl groups excluding tert-OH is 2. The number of anilines is 1. The van der Waals surface area contributed by atoms with Crippen LogP contribution in [0.3, 0.4) is 0 Å². The maximum Gasteiger partial charge on any atom is 0.243 e. The SMILES string of the molecule is CC(C)(C)OCC1C=C(c2ccc3c(N[C@@H]4CCc5ccccc54)nc(Cl)nn23)C(O)=C1O. The van der Waals surface area contributed by atoms with Gasteiger partial charge in [-0.25, -0.2) is 4.52 Å². The van der Waals surface area contributed by atoms with Crippen molar-refractivity contribution >= 4 is 28.5 Å². The van der Waals surface area contributed by atoms with Gasteiger partial charge in [-0.05, 0) is 68.5 Å². The summed E-state index contributed by atoms with van der Waals surface area (Å²) in [6.07, 6.45) is 3.78. The number of rotatable bonds is 5. The summed E-state index contributed by atoms with van der Waals surface area (Å²) in [5, 5.41) is 29.2. The van der Waals surface area contributed by atoms with E-state index >= 15 is 0 Å². The molecule has 0 saturated heterocycles. The molecule has 0 saturated carbocycles. The predicted molar refractivity (Wildman–Crippen MR) is 129 cm³/mol. The van der Waals surface area contributed by atoms with Gasteiger partial charge in [-0.2, -0.15) is 4.98 Å². The van der Waals surface area contributed by atoms with Gasteiger partial charge in [0, 0.05) is 5.57 Å². The quantitative estimate of drug-likeness (QED) is 0.450. The van der Waals surface area contributed by atoms with E-state index in [0.29, 0.717) is 17.1 Å². The number of halogens is 1. The molecule has 8 heteroatoms. The molecule has 172 valence electrons. The monoisotopic (exact) mass is 466 g/mol. The third-order valence-electron chi connectivity index (χ3n) is 6.12. The van der Waals surface area contributed by atoms with Crippen molar-refractivity contribution in [3.05, 3.63) is 76.1 Å². The van der Waals surface area contributed by atoms with Gasteiger partial charge in [0.2, 0.25) is 5.28 Å². The molecule has 0 bridgehead atoms. The number of aromatic nitrogens is 3. The molecule has 2 heterocycles. The van der Waals surface area contributed by atoms with Crippen molar-refractivity contribution in [1.29, 1.82) is 0 Å². The zero-order chi connectivity index (χ0) is 23.3. The number of benzene rings is 1. The molecule has 7 nitrogen and oxygen atoms in total. The van der Waals surface area contributed by atoms with Crippen LogP contribution in [0.15, 0.2) is 54.0 Å². The standard InChI is InChI=1S/C25H27ClN4O3/c1-25(2,3)33-13-15-12-17(22(32)21(15)31)19-10-11-20-23(28-24(26)29-30(19)20)27-18-9-8-14-6-4-5-7-16(14)18/h4-7,10-12,15,18,31-32H,8-9,13H2,1-3H3,(H,27,28,29)/t15?,18-/m1/s1. The molecule has 2 aliphatic rings. The highest BCUT2D eigenvalue weighted by Crippen LogP contribution is 2.38. The zero-order valence-electron chi connectivity index (χ0n) is 18.8. The van der Waals surface area contributed by atoms with Gasteiger partial charge in [-0.15, -0.1) is 5.10 Å². The van der Waals surface area contributed by atoms with Crippen LogP contribution in [0, 0.1) is 5.92 Å². The number of hydrogen-bond acceptors (Lipinski definition) is 6. The Balaban J connectivity index is 1.49. The molecule has 5 rings (SSSR count). The normalized spacial score (nSPS) is 20.4. The van der Waals surface area contributed by atoms with Crippen molar-refractivity contribution in [3.63, 3.8) is 0 Å². The summed E-state index contributed by atoms with van der Waals surface area (Å²) in [5.41, 5.74) is 4.10. The Morgan fingerprint density at radius 3 is 2.76 bits per heavy atom. The van der Waals surface area contributed by atoms with E-state index in [2.05, 4.69) is 33.6 Å². The summed E-state index contributed by atoms with van der Waals surface area (Å²) in [4.78, 5) is 4.44. The highest BCUT2D eigenvalue weighted by Gasteiger charge is 2.31. The molecule has 1 aromatic carbocycles. The number of fused-ring (bicyclic) bond motifs is 2. The van der Waals surface area contributed by atoms with E-state index in [1.165, 1.54) is 11.1 Å². The van der Waals surface area contributed by atoms with Crippen LogP contribution in [0.2, 0.25) is 5.28 Å². The van der Waals surface area contributed by atoms with Gasteiger partial charge in [0.1, 0.15) is 11.3 Å². The smallest absolute Gasteiger partial charge is 0.243 e. The van der Waals surface area contributed by atoms with Crippen molar-refractivity contribution in [2.45, 2.75) is 45.3 Å². The number of aryl methyl sites for hydroxylation is 1. The van der Waals surface area contributed by atoms with Crippen LogP contribution in [0.4, 0.5) is 5.82 Å². The average molecular weight is 467 g/mol. The molecule has 2 aromatic heterocycles. The van der Waals surface area contributed by atoms with Crippen molar-refractivity contribution in [2.24, 2.45) is 5.92 Å². The lowest BCUT2D eigenvalue weighted by Crippen LogP contribution is -2.23. The van der Waals surface area contributed by atoms with E-state index < -0.39 is 5.92 Å². The molecular formula is C25H27ClN4O3. The minimum Gasteiger partial charge on any atom is -0.508 e. The van der Waals surface area contributed by atoms with E-state index in [4.69, 9.17) is 16.3 Å². The molecule has 3 aromatic rings. The Bertz CT molecular complexity index is 1290. The van der Waals surface area contributed by atoms with E-state index in [0.717, 1.165) is 18.4 Å². The lowest BCUT2D eigenvalue weighted by Gasteiger charge is -2.21. The molecule has 0 aliphatic heterocycles. The first-order chi connectivity index (χ1) is 15.7. The fourth-order valence-electron chi connectivity index (χ4n) is 4.50. The third-order valence-corrected chi connectivity index (χ3v) is 6.28. The van der Waals surface area contributed by atoms with Crippen LogP contribution >= 0.6 is 11.6 Å². The first kappa shape index (κ1) is 21.8. The Morgan fingerprint density at radius 1 is 1.18 bits per heavy atom. The highest BCUT2D eigenvalue weighted by molar-refractivity contribution is 6.28. The largest absolute Gasteiger partial charge is 0.508 e. The van der Waals surface area contributed by atoms with Crippen molar-refractivity contribution in [1.82, 2.24) is 14.6 Å². The summed E-state index contributed by atoms with van der Waals surface area (Å²) in [6, 6.07) is 12.3. The van der Waals surface area contributed by atoms with Crippen LogP contribution in [0.1, 0.15) is 50.1 Å². The summed E-state index contributed by atoms with van der Waals surface area (Å²) in [5.74, 6) is -0.0896. The lowest BCUT2D eigenvalue weighted by molar-refractivity contribution is -0.0151. The number of allylic oxidation sites excluding steroid dienone is 1. The average Bonchev–Trinajstić information content (AvgIpc) is 3.44. The molecule has 3 N–H and O–H groups in total. The second-order valence-corrected chi connectivity index (χ2v) is 9.86. The predicted octanol–water partition coefficient (Wildman–Crippen LogP) is 5.64. The summed E-state index contributed by atoms with van der Waals surface area (Å²) >= 11 is 6.29. The Kier molecular flexibility index (Phi) is 5.34. The Morgan fingerprint density at radius 2 is 1.97 bits per heavy atom. The van der Waals surface area contributed by atoms with Crippen LogP contribution in [-0.4, -0.2) is 37.0 Å². The second kappa shape index (κ2) is 8.08. The molecule has 2 atom stereocenters. The van der Waals surface area contributed by atoms with Gasteiger partial charge in [-0.1, -0.05) is 30.3 Å². The summed E-state index contributed by atoms with van der Waals surface area (Å²) in [6.45, 7) is 6.10. The molecular weight excluding hydrogens is 440 g/mol. The minimum absolute atomic E-state index is 0.0904. The Hall–Kier alpha value is -3.03. The molecule has 2 aliphatic carbocycles. The van der Waals surface area contributed by atoms with E-state index in [-0.39, 0.29) is 35.1 Å². The molecule has 1 unspecified atom stereocenters. The third kappa shape index (κ3) is 4.07. The minimum atomic E-state index is -0.435. The second-order valence-electron chi connectivity index (χ2n) is 9.52. The van der Waals surface area contributed by atoms with Crippen molar-refractivity contribution < 1.29 is 14.9 Å². The van der Waals surface area contributed by atoms with Crippen molar-refractivity contribution in [2.75, 3.05) is 11.9 Å². The van der Waals surface area contributed by atoms with E-state index in [1.54, 1.807) is 10.6 Å². The van der Waals surface area contributed by atoms with E-state index in [1.807, 2.05) is 39.0 Å². The fourth-order valence-corrected chi connectivity index (χ4v) is 4.66. The number of ether oxygens (including phenoxy) is 1. The van der Waals surface area contributed by atoms with Crippen LogP contribution in [-0.2, 0) is 11.2 Å². The van der Waals surface area contributed by atoms with E-state index in [9.17, 15) is 10.2 Å². The van der Waals surface area contributed by atoms with Gasteiger partial charge in [0.15, 0.2) is 11.6 Å². The first-order valence-corrected chi connectivity index (χ1v) is 11.5. The lowest BCUT2D eigenvalue weighted by atomic mass is 10.1. The maximum atomic E-state index is 10.7. The first-order valence-electron chi connectivity index (χ1n) is 11.1. The van der Waals surface area contributed by atoms with Crippen LogP contribution in [0.25, 0.3) is 11.1 Å².